The van der Waals surface area contributed by atoms with E-state index in [2.05, 4.69) is 9.88 Å². The van der Waals surface area contributed by atoms with Crippen LogP contribution < -0.4 is 0 Å². The third kappa shape index (κ3) is 3.60. The maximum atomic E-state index is 11.6. The first kappa shape index (κ1) is 15.7. The molecule has 0 saturated carbocycles. The fraction of sp³-hybridized carbons (Fsp3) is 0.412. The number of ether oxygens (including phenoxy) is 2. The smallest absolute Gasteiger partial charge is 0.336 e. The second-order valence-corrected chi connectivity index (χ2v) is 5.55. The first-order valence-electron chi connectivity index (χ1n) is 7.60. The molecule has 1 saturated heterocycles. The van der Waals surface area contributed by atoms with Crippen LogP contribution in [0.5, 0.6) is 0 Å². The van der Waals surface area contributed by atoms with Gasteiger partial charge in [0.2, 0.25) is 5.89 Å². The van der Waals surface area contributed by atoms with Crippen molar-refractivity contribution >= 4 is 5.97 Å². The van der Waals surface area contributed by atoms with Crippen molar-refractivity contribution in [2.45, 2.75) is 19.6 Å². The van der Waals surface area contributed by atoms with E-state index >= 15 is 0 Å². The SMILES string of the molecule is COC(=O)[C@H]1CN(Cc2ncc(-c3ccccc3C)o2)CCO1. The highest BCUT2D eigenvalue weighted by Gasteiger charge is 2.28. The molecule has 1 aliphatic heterocycles. The summed E-state index contributed by atoms with van der Waals surface area (Å²) in [7, 11) is 1.37. The number of esters is 1. The fourth-order valence-corrected chi connectivity index (χ4v) is 2.67. The molecule has 6 nitrogen and oxygen atoms in total. The lowest BCUT2D eigenvalue weighted by Crippen LogP contribution is -2.46. The largest absolute Gasteiger partial charge is 0.467 e. The molecule has 0 radical (unpaired) electrons. The number of methoxy groups -OCH3 is 1. The van der Waals surface area contributed by atoms with Crippen LogP contribution in [0.15, 0.2) is 34.9 Å². The van der Waals surface area contributed by atoms with E-state index in [9.17, 15) is 4.79 Å². The van der Waals surface area contributed by atoms with Gasteiger partial charge in [-0.25, -0.2) is 9.78 Å². The second-order valence-electron chi connectivity index (χ2n) is 5.55. The summed E-state index contributed by atoms with van der Waals surface area (Å²) in [5.74, 6) is 1.05. The minimum Gasteiger partial charge on any atom is -0.467 e. The molecular weight excluding hydrogens is 296 g/mol. The van der Waals surface area contributed by atoms with Crippen molar-refractivity contribution in [2.24, 2.45) is 0 Å². The summed E-state index contributed by atoms with van der Waals surface area (Å²) in [6.07, 6.45) is 1.20. The molecule has 1 aromatic heterocycles. The van der Waals surface area contributed by atoms with E-state index in [4.69, 9.17) is 13.9 Å². The van der Waals surface area contributed by atoms with Crippen LogP contribution in [0.4, 0.5) is 0 Å². The van der Waals surface area contributed by atoms with Crippen LogP contribution in [0, 0.1) is 6.92 Å². The molecule has 3 rings (SSSR count). The van der Waals surface area contributed by atoms with E-state index in [1.54, 1.807) is 6.20 Å². The molecule has 1 atom stereocenters. The van der Waals surface area contributed by atoms with Crippen LogP contribution in [0.2, 0.25) is 0 Å². The van der Waals surface area contributed by atoms with Crippen LogP contribution in [0.3, 0.4) is 0 Å². The van der Waals surface area contributed by atoms with E-state index in [1.165, 1.54) is 7.11 Å². The van der Waals surface area contributed by atoms with Crippen LogP contribution in [0.1, 0.15) is 11.5 Å². The fourth-order valence-electron chi connectivity index (χ4n) is 2.67. The van der Waals surface area contributed by atoms with Crippen molar-refractivity contribution in [3.05, 3.63) is 41.9 Å². The van der Waals surface area contributed by atoms with Gasteiger partial charge in [0.1, 0.15) is 0 Å². The number of oxazole rings is 1. The average molecular weight is 316 g/mol. The summed E-state index contributed by atoms with van der Waals surface area (Å²) >= 11 is 0. The van der Waals surface area contributed by atoms with E-state index in [-0.39, 0.29) is 5.97 Å². The summed E-state index contributed by atoms with van der Waals surface area (Å²) in [6, 6.07) is 8.03. The Morgan fingerprint density at radius 2 is 2.26 bits per heavy atom. The predicted octanol–water partition coefficient (Wildman–Crippen LogP) is 2.02. The average Bonchev–Trinajstić information content (AvgIpc) is 3.03. The molecule has 0 bridgehead atoms. The van der Waals surface area contributed by atoms with Crippen LogP contribution >= 0.6 is 0 Å². The normalized spacial score (nSPS) is 18.8. The number of morpholine rings is 1. The summed E-state index contributed by atoms with van der Waals surface area (Å²) < 4.78 is 16.0. The number of nitrogens with zero attached hydrogens (tertiary/aromatic N) is 2. The van der Waals surface area contributed by atoms with Gasteiger partial charge in [-0.3, -0.25) is 4.90 Å². The summed E-state index contributed by atoms with van der Waals surface area (Å²) in [6.45, 7) is 4.29. The minimum absolute atomic E-state index is 0.345. The van der Waals surface area contributed by atoms with Gasteiger partial charge in [-0.05, 0) is 12.5 Å². The summed E-state index contributed by atoms with van der Waals surface area (Å²) in [5, 5.41) is 0. The van der Waals surface area contributed by atoms with Gasteiger partial charge in [0, 0.05) is 18.7 Å². The first-order chi connectivity index (χ1) is 11.2. The topological polar surface area (TPSA) is 64.8 Å². The maximum absolute atomic E-state index is 11.6. The number of aromatic nitrogens is 1. The van der Waals surface area contributed by atoms with Crippen LogP contribution in [-0.2, 0) is 20.8 Å². The number of benzene rings is 1. The van der Waals surface area contributed by atoms with Gasteiger partial charge in [-0.1, -0.05) is 24.3 Å². The van der Waals surface area contributed by atoms with Crippen molar-refractivity contribution in [2.75, 3.05) is 26.8 Å². The molecule has 0 unspecified atom stereocenters. The van der Waals surface area contributed by atoms with Crippen LogP contribution in [-0.4, -0.2) is 48.8 Å². The van der Waals surface area contributed by atoms with E-state index in [0.717, 1.165) is 23.4 Å². The number of hydrogen-bond donors (Lipinski definition) is 0. The predicted molar refractivity (Wildman–Crippen MR) is 83.7 cm³/mol. The maximum Gasteiger partial charge on any atom is 0.336 e. The third-order valence-electron chi connectivity index (χ3n) is 3.94. The van der Waals surface area contributed by atoms with E-state index in [0.29, 0.717) is 25.6 Å². The molecule has 2 aromatic rings. The van der Waals surface area contributed by atoms with Gasteiger partial charge in [-0.15, -0.1) is 0 Å². The molecule has 0 aliphatic carbocycles. The Morgan fingerprint density at radius 1 is 1.43 bits per heavy atom. The molecule has 1 fully saturated rings. The quantitative estimate of drug-likeness (QED) is 0.804. The zero-order chi connectivity index (χ0) is 16.2. The van der Waals surface area contributed by atoms with Crippen molar-refractivity contribution < 1.29 is 18.7 Å². The van der Waals surface area contributed by atoms with Gasteiger partial charge in [0.05, 0.1) is 26.5 Å². The molecule has 23 heavy (non-hydrogen) atoms. The number of aryl methyl sites for hydroxylation is 1. The first-order valence-corrected chi connectivity index (χ1v) is 7.60. The van der Waals surface area contributed by atoms with Gasteiger partial charge in [0.15, 0.2) is 11.9 Å². The molecule has 0 amide bonds. The summed E-state index contributed by atoms with van der Waals surface area (Å²) in [4.78, 5) is 18.0. The number of carbonyl (C=O) groups is 1. The molecule has 0 N–H and O–H groups in total. The lowest BCUT2D eigenvalue weighted by molar-refractivity contribution is -0.160. The standard InChI is InChI=1S/C17H20N2O4/c1-12-5-3-4-6-13(12)14-9-18-16(23-14)11-19-7-8-22-15(10-19)17(20)21-2/h3-6,9,15H,7-8,10-11H2,1-2H3/t15-/m1/s1. The zero-order valence-electron chi connectivity index (χ0n) is 13.3. The van der Waals surface area contributed by atoms with Gasteiger partial charge in [-0.2, -0.15) is 0 Å². The lowest BCUT2D eigenvalue weighted by atomic mass is 10.1. The van der Waals surface area contributed by atoms with Crippen molar-refractivity contribution in [1.29, 1.82) is 0 Å². The van der Waals surface area contributed by atoms with Gasteiger partial charge in [0.25, 0.3) is 0 Å². The molecule has 6 heteroatoms. The molecule has 122 valence electrons. The highest BCUT2D eigenvalue weighted by Crippen LogP contribution is 2.24. The van der Waals surface area contributed by atoms with Crippen molar-refractivity contribution in [1.82, 2.24) is 9.88 Å². The summed E-state index contributed by atoms with van der Waals surface area (Å²) in [5.41, 5.74) is 2.19. The number of hydrogen-bond acceptors (Lipinski definition) is 6. The Morgan fingerprint density at radius 3 is 3.04 bits per heavy atom. The Labute approximate surface area is 135 Å². The van der Waals surface area contributed by atoms with Crippen molar-refractivity contribution in [3.63, 3.8) is 0 Å². The molecule has 0 spiro atoms. The minimum atomic E-state index is -0.542. The third-order valence-corrected chi connectivity index (χ3v) is 3.94. The highest BCUT2D eigenvalue weighted by atomic mass is 16.6. The van der Waals surface area contributed by atoms with Gasteiger partial charge >= 0.3 is 5.97 Å². The van der Waals surface area contributed by atoms with E-state index in [1.807, 2.05) is 31.2 Å². The van der Waals surface area contributed by atoms with E-state index < -0.39 is 6.10 Å². The second kappa shape index (κ2) is 6.93. The number of carbonyl (C=O) groups excluding carboxylic acids is 1. The number of rotatable bonds is 4. The molecular formula is C17H20N2O4. The monoisotopic (exact) mass is 316 g/mol. The Hall–Kier alpha value is -2.18. The highest BCUT2D eigenvalue weighted by molar-refractivity contribution is 5.74. The van der Waals surface area contributed by atoms with Gasteiger partial charge < -0.3 is 13.9 Å². The lowest BCUT2D eigenvalue weighted by Gasteiger charge is -2.30. The molecule has 2 heterocycles. The molecule has 1 aromatic carbocycles. The van der Waals surface area contributed by atoms with Crippen molar-refractivity contribution in [3.8, 4) is 11.3 Å². The molecule has 1 aliphatic rings. The zero-order valence-corrected chi connectivity index (χ0v) is 13.3. The Bertz CT molecular complexity index is 683. The Balaban J connectivity index is 1.67. The Kier molecular flexibility index (Phi) is 4.73. The van der Waals surface area contributed by atoms with Crippen LogP contribution in [0.25, 0.3) is 11.3 Å².